The maximum Gasteiger partial charge on any atom is 0.251 e. The van der Waals surface area contributed by atoms with Crippen LogP contribution in [0.25, 0.3) is 0 Å². The number of aliphatic imine (C=N–C) groups is 1. The van der Waals surface area contributed by atoms with E-state index in [-0.39, 0.29) is 11.7 Å². The van der Waals surface area contributed by atoms with Crippen LogP contribution in [-0.4, -0.2) is 37.9 Å². The predicted octanol–water partition coefficient (Wildman–Crippen LogP) is 2.39. The Morgan fingerprint density at radius 3 is 2.24 bits per heavy atom. The molecule has 5 nitrogen and oxygen atoms in total. The molecule has 0 spiro atoms. The normalized spacial score (nSPS) is 11.1. The molecule has 0 radical (unpaired) electrons. The van der Waals surface area contributed by atoms with Crippen LogP contribution in [0.5, 0.6) is 0 Å². The summed E-state index contributed by atoms with van der Waals surface area (Å²) >= 11 is 0. The molecule has 132 valence electrons. The molecule has 25 heavy (non-hydrogen) atoms. The third kappa shape index (κ3) is 5.31. The van der Waals surface area contributed by atoms with Crippen LogP contribution in [-0.2, 0) is 13.1 Å². The minimum absolute atomic E-state index is 0.102. The van der Waals surface area contributed by atoms with Crippen molar-refractivity contribution in [2.75, 3.05) is 21.1 Å². The lowest BCUT2D eigenvalue weighted by molar-refractivity contribution is 0.0963. The van der Waals surface area contributed by atoms with Crippen LogP contribution >= 0.6 is 0 Å². The maximum absolute atomic E-state index is 13.0. The van der Waals surface area contributed by atoms with E-state index in [0.717, 1.165) is 17.1 Å². The van der Waals surface area contributed by atoms with Gasteiger partial charge in [0.2, 0.25) is 0 Å². The zero-order valence-corrected chi connectivity index (χ0v) is 14.7. The molecule has 6 heteroatoms. The van der Waals surface area contributed by atoms with Gasteiger partial charge in [0.1, 0.15) is 5.82 Å². The van der Waals surface area contributed by atoms with Gasteiger partial charge in [-0.1, -0.05) is 24.3 Å². The second kappa shape index (κ2) is 8.82. The van der Waals surface area contributed by atoms with Crippen molar-refractivity contribution in [3.05, 3.63) is 71.0 Å². The quantitative estimate of drug-likeness (QED) is 0.648. The summed E-state index contributed by atoms with van der Waals surface area (Å²) in [7, 11) is 5.25. The Morgan fingerprint density at radius 2 is 1.68 bits per heavy atom. The fraction of sp³-hybridized carbons (Fsp3) is 0.263. The van der Waals surface area contributed by atoms with E-state index < -0.39 is 0 Å². The van der Waals surface area contributed by atoms with Gasteiger partial charge in [-0.05, 0) is 35.4 Å². The van der Waals surface area contributed by atoms with Gasteiger partial charge in [0, 0.05) is 39.8 Å². The number of rotatable bonds is 5. The van der Waals surface area contributed by atoms with Crippen LogP contribution in [0.4, 0.5) is 4.39 Å². The number of benzene rings is 2. The molecule has 0 bridgehead atoms. The Kier molecular flexibility index (Phi) is 6.51. The number of hydrogen-bond donors (Lipinski definition) is 2. The molecule has 0 unspecified atom stereocenters. The number of halogens is 1. The minimum atomic E-state index is -0.242. The zero-order valence-electron chi connectivity index (χ0n) is 14.7. The molecule has 2 aromatic rings. The van der Waals surface area contributed by atoms with Crippen molar-refractivity contribution < 1.29 is 9.18 Å². The van der Waals surface area contributed by atoms with Crippen molar-refractivity contribution in [3.63, 3.8) is 0 Å². The molecule has 0 heterocycles. The molecule has 0 aromatic heterocycles. The van der Waals surface area contributed by atoms with Crippen LogP contribution < -0.4 is 10.6 Å². The van der Waals surface area contributed by atoms with Gasteiger partial charge < -0.3 is 15.5 Å². The second-order valence-corrected chi connectivity index (χ2v) is 5.66. The highest BCUT2D eigenvalue weighted by Crippen LogP contribution is 2.07. The van der Waals surface area contributed by atoms with Crippen molar-refractivity contribution in [1.29, 1.82) is 0 Å². The Labute approximate surface area is 147 Å². The highest BCUT2D eigenvalue weighted by molar-refractivity contribution is 5.93. The molecule has 0 atom stereocenters. The maximum atomic E-state index is 13.0. The Morgan fingerprint density at radius 1 is 1.08 bits per heavy atom. The summed E-state index contributed by atoms with van der Waals surface area (Å²) in [5.74, 6) is 0.392. The first-order chi connectivity index (χ1) is 12.0. The summed E-state index contributed by atoms with van der Waals surface area (Å²) in [5, 5.41) is 5.88. The zero-order chi connectivity index (χ0) is 18.2. The first-order valence-corrected chi connectivity index (χ1v) is 8.00. The number of amides is 1. The Balaban J connectivity index is 1.93. The highest BCUT2D eigenvalue weighted by Gasteiger charge is 2.07. The lowest BCUT2D eigenvalue weighted by Gasteiger charge is -2.22. The van der Waals surface area contributed by atoms with Gasteiger partial charge in [-0.25, -0.2) is 4.39 Å². The standard InChI is InChI=1S/C19H23FN4O/c1-21-18(25)16-8-4-14(5-9-16)12-23-19(22-2)24(3)13-15-6-10-17(20)11-7-15/h4-11H,12-13H2,1-3H3,(H,21,25)(H,22,23). The fourth-order valence-corrected chi connectivity index (χ4v) is 2.42. The average molecular weight is 342 g/mol. The van der Waals surface area contributed by atoms with Gasteiger partial charge in [0.25, 0.3) is 5.91 Å². The molecule has 0 saturated heterocycles. The van der Waals surface area contributed by atoms with Crippen LogP contribution in [0.3, 0.4) is 0 Å². The van der Waals surface area contributed by atoms with E-state index in [0.29, 0.717) is 18.7 Å². The van der Waals surface area contributed by atoms with Crippen LogP contribution in [0.1, 0.15) is 21.5 Å². The average Bonchev–Trinajstić information content (AvgIpc) is 2.64. The highest BCUT2D eigenvalue weighted by atomic mass is 19.1. The summed E-state index contributed by atoms with van der Waals surface area (Å²) in [6, 6.07) is 13.8. The predicted molar refractivity (Wildman–Crippen MR) is 97.9 cm³/mol. The van der Waals surface area contributed by atoms with Crippen molar-refractivity contribution in [3.8, 4) is 0 Å². The number of hydrogen-bond acceptors (Lipinski definition) is 2. The molecule has 2 N–H and O–H groups in total. The third-order valence-corrected chi connectivity index (χ3v) is 3.80. The van der Waals surface area contributed by atoms with E-state index in [9.17, 15) is 9.18 Å². The molecule has 0 aliphatic heterocycles. The summed E-state index contributed by atoms with van der Waals surface area (Å²) in [6.07, 6.45) is 0. The number of nitrogens with one attached hydrogen (secondary N) is 2. The first kappa shape index (κ1) is 18.4. The lowest BCUT2D eigenvalue weighted by atomic mass is 10.1. The summed E-state index contributed by atoms with van der Waals surface area (Å²) < 4.78 is 13.0. The number of carbonyl (C=O) groups excluding carboxylic acids is 1. The number of carbonyl (C=O) groups is 1. The number of nitrogens with zero attached hydrogens (tertiary/aromatic N) is 2. The molecular formula is C19H23FN4O. The summed E-state index contributed by atoms with van der Waals surface area (Å²) in [4.78, 5) is 17.8. The van der Waals surface area contributed by atoms with E-state index in [1.54, 1.807) is 38.4 Å². The van der Waals surface area contributed by atoms with Gasteiger partial charge in [0.15, 0.2) is 5.96 Å². The lowest BCUT2D eigenvalue weighted by Crippen LogP contribution is -2.38. The molecular weight excluding hydrogens is 319 g/mol. The third-order valence-electron chi connectivity index (χ3n) is 3.80. The minimum Gasteiger partial charge on any atom is -0.355 e. The molecule has 1 amide bonds. The molecule has 0 aliphatic rings. The SMILES string of the molecule is CN=C(NCc1ccc(C(=O)NC)cc1)N(C)Cc1ccc(F)cc1. The topological polar surface area (TPSA) is 56.7 Å². The Hall–Kier alpha value is -2.89. The van der Waals surface area contributed by atoms with E-state index >= 15 is 0 Å². The Bertz CT molecular complexity index is 726. The first-order valence-electron chi connectivity index (χ1n) is 8.00. The van der Waals surface area contributed by atoms with Gasteiger partial charge in [-0.15, -0.1) is 0 Å². The fourth-order valence-electron chi connectivity index (χ4n) is 2.42. The molecule has 2 aromatic carbocycles. The molecule has 0 fully saturated rings. The van der Waals surface area contributed by atoms with Gasteiger partial charge in [-0.2, -0.15) is 0 Å². The summed E-state index contributed by atoms with van der Waals surface area (Å²) in [5.41, 5.74) is 2.68. The van der Waals surface area contributed by atoms with E-state index in [1.165, 1.54) is 12.1 Å². The van der Waals surface area contributed by atoms with Crippen LogP contribution in [0.2, 0.25) is 0 Å². The van der Waals surface area contributed by atoms with Crippen LogP contribution in [0.15, 0.2) is 53.5 Å². The smallest absolute Gasteiger partial charge is 0.251 e. The monoisotopic (exact) mass is 342 g/mol. The van der Waals surface area contributed by atoms with Crippen LogP contribution in [0, 0.1) is 5.82 Å². The van der Waals surface area contributed by atoms with Crippen molar-refractivity contribution in [2.24, 2.45) is 4.99 Å². The van der Waals surface area contributed by atoms with Gasteiger partial charge in [-0.3, -0.25) is 9.79 Å². The van der Waals surface area contributed by atoms with E-state index in [1.807, 2.05) is 24.1 Å². The second-order valence-electron chi connectivity index (χ2n) is 5.66. The van der Waals surface area contributed by atoms with Gasteiger partial charge in [0.05, 0.1) is 0 Å². The van der Waals surface area contributed by atoms with Crippen molar-refractivity contribution in [1.82, 2.24) is 15.5 Å². The van der Waals surface area contributed by atoms with Gasteiger partial charge >= 0.3 is 0 Å². The van der Waals surface area contributed by atoms with Crippen molar-refractivity contribution in [2.45, 2.75) is 13.1 Å². The van der Waals surface area contributed by atoms with E-state index in [4.69, 9.17) is 0 Å². The molecule has 2 rings (SSSR count). The van der Waals surface area contributed by atoms with Crippen molar-refractivity contribution >= 4 is 11.9 Å². The van der Waals surface area contributed by atoms with E-state index in [2.05, 4.69) is 15.6 Å². The number of guanidine groups is 1. The largest absolute Gasteiger partial charge is 0.355 e. The summed E-state index contributed by atoms with van der Waals surface area (Å²) in [6.45, 7) is 1.21. The molecule has 0 aliphatic carbocycles. The molecule has 0 saturated carbocycles.